The molecule has 0 unspecified atom stereocenters. The second kappa shape index (κ2) is 5.46. The van der Waals surface area contributed by atoms with Gasteiger partial charge in [0.25, 0.3) is 0 Å². The Kier molecular flexibility index (Phi) is 3.62. The van der Waals surface area contributed by atoms with Crippen LogP contribution in [0.15, 0.2) is 30.3 Å². The van der Waals surface area contributed by atoms with Crippen molar-refractivity contribution in [1.29, 1.82) is 5.41 Å². The summed E-state index contributed by atoms with van der Waals surface area (Å²) in [6.45, 7) is 2.06. The summed E-state index contributed by atoms with van der Waals surface area (Å²) < 4.78 is 0. The number of amides is 1. The zero-order valence-electron chi connectivity index (χ0n) is 12.5. The van der Waals surface area contributed by atoms with Crippen LogP contribution in [-0.2, 0) is 4.79 Å². The lowest BCUT2D eigenvalue weighted by Gasteiger charge is -2.30. The number of nitrogens with two attached hydrogens (primary N) is 1. The standard InChI is InChI=1S/C16H18N4OS/c1-9-12(10-4-3-5-11(17)6-10)7-14(22-9)13-8-15(21)20(2)16(18)19-13/h3-7,13H,8,17H2,1-2H3,(H2,18,19)/t13-/m0/s1. The van der Waals surface area contributed by atoms with E-state index < -0.39 is 0 Å². The topological polar surface area (TPSA) is 82.2 Å². The van der Waals surface area contributed by atoms with Crippen LogP contribution in [0.25, 0.3) is 11.1 Å². The van der Waals surface area contributed by atoms with Gasteiger partial charge in [0, 0.05) is 22.5 Å². The molecule has 5 nitrogen and oxygen atoms in total. The van der Waals surface area contributed by atoms with Crippen LogP contribution < -0.4 is 11.1 Å². The number of carbonyl (C=O) groups excluding carboxylic acids is 1. The maximum absolute atomic E-state index is 11.9. The Morgan fingerprint density at radius 2 is 2.18 bits per heavy atom. The monoisotopic (exact) mass is 314 g/mol. The molecule has 22 heavy (non-hydrogen) atoms. The van der Waals surface area contributed by atoms with Gasteiger partial charge in [0.2, 0.25) is 5.91 Å². The van der Waals surface area contributed by atoms with Crippen LogP contribution in [0.5, 0.6) is 0 Å². The Morgan fingerprint density at radius 3 is 2.86 bits per heavy atom. The Labute approximate surface area is 133 Å². The van der Waals surface area contributed by atoms with Gasteiger partial charge in [-0.05, 0) is 36.2 Å². The van der Waals surface area contributed by atoms with E-state index in [1.807, 2.05) is 24.3 Å². The lowest BCUT2D eigenvalue weighted by Crippen LogP contribution is -2.49. The fourth-order valence-corrected chi connectivity index (χ4v) is 3.69. The molecule has 6 heteroatoms. The average molecular weight is 314 g/mol. The van der Waals surface area contributed by atoms with Gasteiger partial charge in [0.1, 0.15) is 0 Å². The molecule has 1 atom stereocenters. The van der Waals surface area contributed by atoms with Crippen molar-refractivity contribution in [3.8, 4) is 11.1 Å². The molecule has 1 fully saturated rings. The van der Waals surface area contributed by atoms with Gasteiger partial charge < -0.3 is 11.1 Å². The van der Waals surface area contributed by atoms with Gasteiger partial charge in [-0.3, -0.25) is 15.1 Å². The second-order valence-corrected chi connectivity index (χ2v) is 6.73. The van der Waals surface area contributed by atoms with Crippen molar-refractivity contribution >= 4 is 28.9 Å². The first-order valence-electron chi connectivity index (χ1n) is 7.03. The molecule has 1 amide bonds. The maximum Gasteiger partial charge on any atom is 0.231 e. The van der Waals surface area contributed by atoms with Crippen LogP contribution in [-0.4, -0.2) is 23.8 Å². The van der Waals surface area contributed by atoms with Gasteiger partial charge in [-0.1, -0.05) is 12.1 Å². The first-order valence-corrected chi connectivity index (χ1v) is 7.85. The molecular formula is C16H18N4OS. The third kappa shape index (κ3) is 2.57. The fraction of sp³-hybridized carbons (Fsp3) is 0.250. The average Bonchev–Trinajstić information content (AvgIpc) is 2.86. The van der Waals surface area contributed by atoms with E-state index in [9.17, 15) is 4.79 Å². The highest BCUT2D eigenvalue weighted by atomic mass is 32.1. The summed E-state index contributed by atoms with van der Waals surface area (Å²) in [5.74, 6) is 0.114. The summed E-state index contributed by atoms with van der Waals surface area (Å²) in [7, 11) is 1.62. The molecule has 0 aliphatic carbocycles. The number of nitrogens with one attached hydrogen (secondary N) is 2. The zero-order valence-corrected chi connectivity index (χ0v) is 13.3. The van der Waals surface area contributed by atoms with Crippen molar-refractivity contribution in [3.05, 3.63) is 40.1 Å². The summed E-state index contributed by atoms with van der Waals surface area (Å²) in [6.07, 6.45) is 0.370. The van der Waals surface area contributed by atoms with E-state index in [4.69, 9.17) is 11.1 Å². The minimum Gasteiger partial charge on any atom is -0.399 e. The molecule has 114 valence electrons. The SMILES string of the molecule is Cc1sc([C@@H]2CC(=O)N(C)C(=N)N2)cc1-c1cccc(N)c1. The summed E-state index contributed by atoms with van der Waals surface area (Å²) >= 11 is 1.66. The van der Waals surface area contributed by atoms with Gasteiger partial charge in [-0.2, -0.15) is 0 Å². The fourth-order valence-electron chi connectivity index (χ4n) is 2.59. The molecule has 1 aliphatic heterocycles. The number of benzene rings is 1. The molecule has 1 aromatic carbocycles. The van der Waals surface area contributed by atoms with E-state index in [2.05, 4.69) is 18.3 Å². The molecule has 0 saturated carbocycles. The quantitative estimate of drug-likeness (QED) is 0.745. The molecular weight excluding hydrogens is 296 g/mol. The van der Waals surface area contributed by atoms with E-state index >= 15 is 0 Å². The van der Waals surface area contributed by atoms with Crippen molar-refractivity contribution in [3.63, 3.8) is 0 Å². The highest BCUT2D eigenvalue weighted by molar-refractivity contribution is 7.12. The van der Waals surface area contributed by atoms with Crippen LogP contribution in [0.4, 0.5) is 5.69 Å². The lowest BCUT2D eigenvalue weighted by molar-refractivity contribution is -0.128. The largest absolute Gasteiger partial charge is 0.399 e. The number of thiophene rings is 1. The van der Waals surface area contributed by atoms with Gasteiger partial charge in [0.05, 0.1) is 12.5 Å². The molecule has 3 rings (SSSR count). The molecule has 0 spiro atoms. The van der Waals surface area contributed by atoms with Crippen molar-refractivity contribution in [2.45, 2.75) is 19.4 Å². The number of nitrogen functional groups attached to an aromatic ring is 1. The van der Waals surface area contributed by atoms with Crippen LogP contribution in [0, 0.1) is 12.3 Å². The minimum absolute atomic E-state index is 0.0368. The summed E-state index contributed by atoms with van der Waals surface area (Å²) in [4.78, 5) is 15.5. The third-order valence-electron chi connectivity index (χ3n) is 3.88. The number of carbonyl (C=O) groups is 1. The van der Waals surface area contributed by atoms with Gasteiger partial charge in [-0.25, -0.2) is 0 Å². The van der Waals surface area contributed by atoms with Gasteiger partial charge in [-0.15, -0.1) is 11.3 Å². The minimum atomic E-state index is -0.130. The molecule has 1 saturated heterocycles. The van der Waals surface area contributed by atoms with Crippen molar-refractivity contribution in [2.75, 3.05) is 12.8 Å². The van der Waals surface area contributed by atoms with Gasteiger partial charge in [0.15, 0.2) is 5.96 Å². The molecule has 2 aromatic rings. The van der Waals surface area contributed by atoms with E-state index in [1.54, 1.807) is 18.4 Å². The lowest BCUT2D eigenvalue weighted by atomic mass is 10.0. The number of guanidine groups is 1. The van der Waals surface area contributed by atoms with Crippen LogP contribution in [0.3, 0.4) is 0 Å². The highest BCUT2D eigenvalue weighted by Gasteiger charge is 2.29. The summed E-state index contributed by atoms with van der Waals surface area (Å²) in [6, 6.07) is 9.76. The highest BCUT2D eigenvalue weighted by Crippen LogP contribution is 2.36. The summed E-state index contributed by atoms with van der Waals surface area (Å²) in [5.41, 5.74) is 8.80. The number of nitrogens with zero attached hydrogens (tertiary/aromatic N) is 1. The smallest absolute Gasteiger partial charge is 0.231 e. The van der Waals surface area contributed by atoms with Crippen molar-refractivity contribution in [2.24, 2.45) is 0 Å². The Balaban J connectivity index is 1.93. The van der Waals surface area contributed by atoms with Crippen LogP contribution in [0.1, 0.15) is 22.2 Å². The van der Waals surface area contributed by atoms with E-state index in [0.717, 1.165) is 21.7 Å². The van der Waals surface area contributed by atoms with Crippen LogP contribution in [0.2, 0.25) is 0 Å². The predicted octanol–water partition coefficient (Wildman–Crippen LogP) is 2.73. The van der Waals surface area contributed by atoms with Crippen molar-refractivity contribution < 1.29 is 4.79 Å². The number of hydrogen-bond acceptors (Lipinski definition) is 4. The molecule has 0 bridgehead atoms. The zero-order chi connectivity index (χ0) is 15.9. The van der Waals surface area contributed by atoms with E-state index in [1.165, 1.54) is 9.78 Å². The normalized spacial score (nSPS) is 18.5. The molecule has 0 radical (unpaired) electrons. The summed E-state index contributed by atoms with van der Waals surface area (Å²) in [5, 5.41) is 10.9. The molecule has 2 heterocycles. The Morgan fingerprint density at radius 1 is 1.41 bits per heavy atom. The number of hydrogen-bond donors (Lipinski definition) is 3. The van der Waals surface area contributed by atoms with E-state index in [-0.39, 0.29) is 17.9 Å². The Bertz CT molecular complexity index is 734. The van der Waals surface area contributed by atoms with E-state index in [0.29, 0.717) is 6.42 Å². The molecule has 4 N–H and O–H groups in total. The first kappa shape index (κ1) is 14.6. The number of rotatable bonds is 2. The molecule has 1 aliphatic rings. The van der Waals surface area contributed by atoms with Crippen LogP contribution >= 0.6 is 11.3 Å². The molecule has 1 aromatic heterocycles. The maximum atomic E-state index is 11.9. The second-order valence-electron chi connectivity index (χ2n) is 5.45. The number of anilines is 1. The predicted molar refractivity (Wildman–Crippen MR) is 89.9 cm³/mol. The van der Waals surface area contributed by atoms with Crippen molar-refractivity contribution in [1.82, 2.24) is 10.2 Å². The first-order chi connectivity index (χ1) is 10.5. The number of aryl methyl sites for hydroxylation is 1. The third-order valence-corrected chi connectivity index (χ3v) is 5.04. The van der Waals surface area contributed by atoms with Gasteiger partial charge >= 0.3 is 0 Å². The Hall–Kier alpha value is -2.34.